The molecule has 2 rings (SSSR count). The van der Waals surface area contributed by atoms with Crippen LogP contribution in [0.5, 0.6) is 0 Å². The predicted octanol–water partition coefficient (Wildman–Crippen LogP) is 2.88. The molecule has 3 unspecified atom stereocenters. The average molecular weight is 188 g/mol. The summed E-state index contributed by atoms with van der Waals surface area (Å²) in [6.45, 7) is 4.76. The minimum Gasteiger partial charge on any atom is -0.157 e. The van der Waals surface area contributed by atoms with Crippen molar-refractivity contribution >= 4 is 23.5 Å². The molecule has 0 amide bonds. The third kappa shape index (κ3) is 1.44. The van der Waals surface area contributed by atoms with Crippen LogP contribution in [-0.2, 0) is 0 Å². The van der Waals surface area contributed by atoms with Crippen molar-refractivity contribution in [2.24, 2.45) is 11.8 Å². The van der Waals surface area contributed by atoms with Gasteiger partial charge in [0.1, 0.15) is 0 Å². The van der Waals surface area contributed by atoms with E-state index in [1.165, 1.54) is 17.9 Å². The highest BCUT2D eigenvalue weighted by Crippen LogP contribution is 2.48. The summed E-state index contributed by atoms with van der Waals surface area (Å²) in [5.41, 5.74) is 0. The summed E-state index contributed by atoms with van der Waals surface area (Å²) >= 11 is 4.46. The first kappa shape index (κ1) is 8.31. The molecule has 2 aliphatic heterocycles. The largest absolute Gasteiger partial charge is 0.157 e. The molecule has 0 saturated carbocycles. The highest BCUT2D eigenvalue weighted by atomic mass is 32.2. The maximum Gasteiger partial charge on any atom is 0.0205 e. The number of rotatable bonds is 1. The molecule has 0 aromatic carbocycles. The van der Waals surface area contributed by atoms with Gasteiger partial charge in [-0.2, -0.15) is 23.5 Å². The van der Waals surface area contributed by atoms with Gasteiger partial charge >= 0.3 is 0 Å². The molecule has 0 spiro atoms. The van der Waals surface area contributed by atoms with Gasteiger partial charge in [0.05, 0.1) is 0 Å². The van der Waals surface area contributed by atoms with E-state index < -0.39 is 0 Å². The van der Waals surface area contributed by atoms with Crippen LogP contribution in [0.4, 0.5) is 0 Å². The zero-order valence-corrected chi connectivity index (χ0v) is 8.88. The van der Waals surface area contributed by atoms with Gasteiger partial charge in [0.2, 0.25) is 0 Å². The minimum absolute atomic E-state index is 0.906. The Morgan fingerprint density at radius 3 is 2.82 bits per heavy atom. The van der Waals surface area contributed by atoms with Gasteiger partial charge in [0, 0.05) is 10.5 Å². The zero-order chi connectivity index (χ0) is 7.84. The molecule has 2 heteroatoms. The van der Waals surface area contributed by atoms with Crippen molar-refractivity contribution in [3.05, 3.63) is 0 Å². The Morgan fingerprint density at radius 2 is 2.09 bits per heavy atom. The van der Waals surface area contributed by atoms with Crippen LogP contribution in [0.25, 0.3) is 0 Å². The molecule has 2 saturated heterocycles. The molecule has 2 fully saturated rings. The highest BCUT2D eigenvalue weighted by Gasteiger charge is 2.41. The average Bonchev–Trinajstić information content (AvgIpc) is 2.41. The Kier molecular flexibility index (Phi) is 2.43. The fourth-order valence-corrected chi connectivity index (χ4v) is 6.22. The van der Waals surface area contributed by atoms with Crippen molar-refractivity contribution < 1.29 is 0 Å². The van der Waals surface area contributed by atoms with Crippen molar-refractivity contribution in [2.45, 2.75) is 30.8 Å². The van der Waals surface area contributed by atoms with Crippen molar-refractivity contribution in [3.8, 4) is 0 Å². The first-order valence-corrected chi connectivity index (χ1v) is 6.62. The summed E-state index contributed by atoms with van der Waals surface area (Å²) in [5.74, 6) is 4.77. The van der Waals surface area contributed by atoms with E-state index in [1.54, 1.807) is 0 Å². The van der Waals surface area contributed by atoms with E-state index in [9.17, 15) is 0 Å². The molecule has 0 N–H and O–H groups in total. The standard InChI is InChI=1S/C9H16S2/c1-6(2)7-5-11-8-3-4-10-9(7)8/h6-9H,3-5H2,1-2H3. The van der Waals surface area contributed by atoms with Crippen LogP contribution in [0, 0.1) is 11.8 Å². The normalized spacial score (nSPS) is 43.4. The first-order valence-electron chi connectivity index (χ1n) is 4.52. The SMILES string of the molecule is CC(C)C1CSC2CCSC21. The molecule has 0 nitrogen and oxygen atoms in total. The lowest BCUT2D eigenvalue weighted by Gasteiger charge is -2.20. The van der Waals surface area contributed by atoms with Crippen LogP contribution in [0.1, 0.15) is 20.3 Å². The molecular weight excluding hydrogens is 172 g/mol. The lowest BCUT2D eigenvalue weighted by atomic mass is 9.92. The molecule has 0 aliphatic carbocycles. The van der Waals surface area contributed by atoms with E-state index >= 15 is 0 Å². The fourth-order valence-electron chi connectivity index (χ4n) is 2.07. The maximum absolute atomic E-state index is 2.38. The molecular formula is C9H16S2. The van der Waals surface area contributed by atoms with Crippen molar-refractivity contribution in [1.29, 1.82) is 0 Å². The lowest BCUT2D eigenvalue weighted by Crippen LogP contribution is -2.21. The quantitative estimate of drug-likeness (QED) is 0.620. The van der Waals surface area contributed by atoms with Crippen LogP contribution in [0.15, 0.2) is 0 Å². The Balaban J connectivity index is 2.03. The first-order chi connectivity index (χ1) is 5.29. The Morgan fingerprint density at radius 1 is 1.27 bits per heavy atom. The van der Waals surface area contributed by atoms with Gasteiger partial charge in [-0.1, -0.05) is 13.8 Å². The predicted molar refractivity (Wildman–Crippen MR) is 55.4 cm³/mol. The second-order valence-electron chi connectivity index (χ2n) is 3.90. The molecule has 0 aromatic rings. The third-order valence-corrected chi connectivity index (χ3v) is 6.10. The van der Waals surface area contributed by atoms with Crippen LogP contribution in [0.3, 0.4) is 0 Å². The Labute approximate surface area is 77.9 Å². The van der Waals surface area contributed by atoms with E-state index in [0.717, 1.165) is 22.3 Å². The van der Waals surface area contributed by atoms with Gasteiger partial charge in [-0.25, -0.2) is 0 Å². The maximum atomic E-state index is 2.38. The second kappa shape index (κ2) is 3.21. The molecule has 3 atom stereocenters. The van der Waals surface area contributed by atoms with Gasteiger partial charge < -0.3 is 0 Å². The topological polar surface area (TPSA) is 0 Å². The molecule has 2 aliphatic rings. The van der Waals surface area contributed by atoms with Crippen LogP contribution in [0.2, 0.25) is 0 Å². The van der Waals surface area contributed by atoms with Crippen molar-refractivity contribution in [3.63, 3.8) is 0 Å². The van der Waals surface area contributed by atoms with E-state index in [4.69, 9.17) is 0 Å². The lowest BCUT2D eigenvalue weighted by molar-refractivity contribution is 0.426. The fraction of sp³-hybridized carbons (Fsp3) is 1.00. The van der Waals surface area contributed by atoms with E-state index in [1.807, 2.05) is 0 Å². The molecule has 64 valence electrons. The summed E-state index contributed by atoms with van der Waals surface area (Å²) in [6.07, 6.45) is 1.48. The van der Waals surface area contributed by atoms with Crippen LogP contribution >= 0.6 is 23.5 Å². The highest BCUT2D eigenvalue weighted by molar-refractivity contribution is 8.05. The number of thioether (sulfide) groups is 2. The molecule has 11 heavy (non-hydrogen) atoms. The smallest absolute Gasteiger partial charge is 0.0205 e. The monoisotopic (exact) mass is 188 g/mol. The van der Waals surface area contributed by atoms with E-state index in [-0.39, 0.29) is 0 Å². The van der Waals surface area contributed by atoms with Gasteiger partial charge in [0.25, 0.3) is 0 Å². The van der Waals surface area contributed by atoms with E-state index in [2.05, 4.69) is 37.4 Å². The molecule has 0 bridgehead atoms. The van der Waals surface area contributed by atoms with Gasteiger partial charge in [-0.3, -0.25) is 0 Å². The summed E-state index contributed by atoms with van der Waals surface area (Å²) in [5, 5.41) is 2.03. The van der Waals surface area contributed by atoms with Crippen LogP contribution < -0.4 is 0 Å². The van der Waals surface area contributed by atoms with Gasteiger partial charge in [-0.15, -0.1) is 0 Å². The summed E-state index contributed by atoms with van der Waals surface area (Å²) < 4.78 is 0. The molecule has 2 heterocycles. The van der Waals surface area contributed by atoms with Crippen molar-refractivity contribution in [2.75, 3.05) is 11.5 Å². The number of hydrogen-bond donors (Lipinski definition) is 0. The summed E-state index contributed by atoms with van der Waals surface area (Å²) in [6, 6.07) is 0. The third-order valence-electron chi connectivity index (χ3n) is 2.86. The Bertz CT molecular complexity index is 144. The van der Waals surface area contributed by atoms with Gasteiger partial charge in [-0.05, 0) is 29.8 Å². The number of hydrogen-bond acceptors (Lipinski definition) is 2. The summed E-state index contributed by atoms with van der Waals surface area (Å²) in [4.78, 5) is 0. The number of fused-ring (bicyclic) bond motifs is 1. The molecule has 0 radical (unpaired) electrons. The van der Waals surface area contributed by atoms with Crippen molar-refractivity contribution in [1.82, 2.24) is 0 Å². The second-order valence-corrected chi connectivity index (χ2v) is 6.46. The van der Waals surface area contributed by atoms with Gasteiger partial charge in [0.15, 0.2) is 0 Å². The molecule has 0 aromatic heterocycles. The van der Waals surface area contributed by atoms with E-state index in [0.29, 0.717) is 0 Å². The van der Waals surface area contributed by atoms with Crippen LogP contribution in [-0.4, -0.2) is 22.0 Å². The minimum atomic E-state index is 0.906. The zero-order valence-electron chi connectivity index (χ0n) is 7.25. The Hall–Kier alpha value is 0.700. The summed E-state index contributed by atoms with van der Waals surface area (Å²) in [7, 11) is 0.